The van der Waals surface area contributed by atoms with E-state index in [9.17, 15) is 19.5 Å². The number of aromatic nitrogens is 1. The van der Waals surface area contributed by atoms with Crippen molar-refractivity contribution in [2.75, 3.05) is 11.9 Å². The highest BCUT2D eigenvalue weighted by molar-refractivity contribution is 5.96. The summed E-state index contributed by atoms with van der Waals surface area (Å²) in [6.07, 6.45) is 1.01. The molecule has 34 heavy (non-hydrogen) atoms. The van der Waals surface area contributed by atoms with Crippen LogP contribution in [0.4, 0.5) is 10.5 Å². The second-order valence-corrected chi connectivity index (χ2v) is 9.99. The van der Waals surface area contributed by atoms with Gasteiger partial charge in [0, 0.05) is 29.6 Å². The van der Waals surface area contributed by atoms with Gasteiger partial charge >= 0.3 is 6.09 Å². The van der Waals surface area contributed by atoms with Crippen LogP contribution in [0.25, 0.3) is 10.8 Å². The standard InChI is InChI=1S/C26H39N3O5/c1-8-10-13-34-23-20-14-18(27-22(30)9-2)11-12-19(20)24(31)28(15-17(3)4)21(23)16-29(25(32)33)26(5,6)7/h11-12,14,17H,8-10,13,15-16H2,1-7H3,(H,27,30)(H,32,33). The van der Waals surface area contributed by atoms with Gasteiger partial charge in [0.05, 0.1) is 24.2 Å². The summed E-state index contributed by atoms with van der Waals surface area (Å²) in [4.78, 5) is 39.1. The third kappa shape index (κ3) is 6.52. The van der Waals surface area contributed by atoms with Crippen LogP contribution < -0.4 is 15.6 Å². The van der Waals surface area contributed by atoms with E-state index in [1.54, 1.807) is 29.7 Å². The van der Waals surface area contributed by atoms with E-state index < -0.39 is 11.6 Å². The lowest BCUT2D eigenvalue weighted by Gasteiger charge is -2.34. The maximum atomic E-state index is 13.6. The Kier molecular flexibility index (Phi) is 9.13. The molecule has 0 aliphatic carbocycles. The van der Waals surface area contributed by atoms with Gasteiger partial charge in [0.25, 0.3) is 5.56 Å². The molecule has 0 saturated heterocycles. The molecule has 0 aliphatic heterocycles. The van der Waals surface area contributed by atoms with E-state index in [1.165, 1.54) is 4.90 Å². The maximum Gasteiger partial charge on any atom is 0.408 e. The zero-order valence-corrected chi connectivity index (χ0v) is 21.5. The number of unbranched alkanes of at least 4 members (excludes halogenated alkanes) is 1. The van der Waals surface area contributed by atoms with Gasteiger partial charge < -0.3 is 19.7 Å². The molecule has 0 aliphatic rings. The molecule has 2 amide bonds. The molecular formula is C26H39N3O5. The van der Waals surface area contributed by atoms with E-state index in [1.807, 2.05) is 34.6 Å². The second kappa shape index (κ2) is 11.4. The molecule has 0 fully saturated rings. The summed E-state index contributed by atoms with van der Waals surface area (Å²) in [5.41, 5.74) is 0.210. The first kappa shape index (κ1) is 27.2. The van der Waals surface area contributed by atoms with Crippen molar-refractivity contribution in [3.63, 3.8) is 0 Å². The fourth-order valence-corrected chi connectivity index (χ4v) is 3.73. The molecule has 2 aromatic rings. The van der Waals surface area contributed by atoms with Gasteiger partial charge in [-0.2, -0.15) is 0 Å². The van der Waals surface area contributed by atoms with Gasteiger partial charge in [-0.05, 0) is 51.3 Å². The number of amides is 2. The molecule has 8 heteroatoms. The normalized spacial score (nSPS) is 11.6. The van der Waals surface area contributed by atoms with Crippen LogP contribution in [-0.2, 0) is 17.9 Å². The highest BCUT2D eigenvalue weighted by atomic mass is 16.5. The van der Waals surface area contributed by atoms with Gasteiger partial charge in [0.15, 0.2) is 0 Å². The van der Waals surface area contributed by atoms with Gasteiger partial charge in [0.2, 0.25) is 5.91 Å². The monoisotopic (exact) mass is 473 g/mol. The van der Waals surface area contributed by atoms with Gasteiger partial charge in [-0.1, -0.05) is 34.1 Å². The number of nitrogens with one attached hydrogen (secondary N) is 1. The number of nitrogens with zero attached hydrogens (tertiary/aromatic N) is 2. The summed E-state index contributed by atoms with van der Waals surface area (Å²) in [5, 5.41) is 13.8. The van der Waals surface area contributed by atoms with Gasteiger partial charge in [-0.15, -0.1) is 0 Å². The highest BCUT2D eigenvalue weighted by Crippen LogP contribution is 2.33. The molecule has 0 spiro atoms. The number of hydrogen-bond donors (Lipinski definition) is 2. The van der Waals surface area contributed by atoms with E-state index in [-0.39, 0.29) is 23.9 Å². The van der Waals surface area contributed by atoms with Crippen LogP contribution in [0.3, 0.4) is 0 Å². The Labute approximate surface area is 201 Å². The lowest BCUT2D eigenvalue weighted by atomic mass is 10.0. The molecule has 0 bridgehead atoms. The Morgan fingerprint density at radius 1 is 1.18 bits per heavy atom. The number of carbonyl (C=O) groups excluding carboxylic acids is 1. The van der Waals surface area contributed by atoms with Crippen molar-refractivity contribution >= 4 is 28.5 Å². The van der Waals surface area contributed by atoms with Crippen LogP contribution in [0, 0.1) is 5.92 Å². The zero-order chi connectivity index (χ0) is 25.6. The number of pyridine rings is 1. The van der Waals surface area contributed by atoms with Crippen molar-refractivity contribution < 1.29 is 19.4 Å². The lowest BCUT2D eigenvalue weighted by Crippen LogP contribution is -2.45. The molecule has 1 aromatic carbocycles. The fourth-order valence-electron chi connectivity index (χ4n) is 3.73. The lowest BCUT2D eigenvalue weighted by molar-refractivity contribution is -0.115. The predicted octanol–water partition coefficient (Wildman–Crippen LogP) is 5.46. The average Bonchev–Trinajstić information content (AvgIpc) is 2.74. The molecule has 0 radical (unpaired) electrons. The summed E-state index contributed by atoms with van der Waals surface area (Å²) in [5.74, 6) is 0.520. The third-order valence-electron chi connectivity index (χ3n) is 5.57. The number of ether oxygens (including phenoxy) is 1. The number of rotatable bonds is 10. The van der Waals surface area contributed by atoms with Crippen molar-refractivity contribution in [2.24, 2.45) is 5.92 Å². The average molecular weight is 474 g/mol. The Bertz CT molecular complexity index is 1080. The molecular weight excluding hydrogens is 434 g/mol. The summed E-state index contributed by atoms with van der Waals surface area (Å²) in [7, 11) is 0. The molecule has 1 heterocycles. The minimum absolute atomic E-state index is 0.00371. The van der Waals surface area contributed by atoms with E-state index in [0.717, 1.165) is 12.8 Å². The molecule has 0 unspecified atom stereocenters. The van der Waals surface area contributed by atoms with E-state index in [4.69, 9.17) is 4.74 Å². The Hall–Kier alpha value is -3.03. The first-order valence-corrected chi connectivity index (χ1v) is 12.0. The second-order valence-electron chi connectivity index (χ2n) is 9.99. The Morgan fingerprint density at radius 2 is 1.85 bits per heavy atom. The van der Waals surface area contributed by atoms with Crippen LogP contribution in [0.15, 0.2) is 23.0 Å². The maximum absolute atomic E-state index is 13.6. The summed E-state index contributed by atoms with van der Waals surface area (Å²) < 4.78 is 7.91. The van der Waals surface area contributed by atoms with Crippen molar-refractivity contribution in [3.05, 3.63) is 34.2 Å². The molecule has 0 saturated carbocycles. The molecule has 2 N–H and O–H groups in total. The summed E-state index contributed by atoms with van der Waals surface area (Å²) in [6, 6.07) is 5.16. The van der Waals surface area contributed by atoms with Crippen molar-refractivity contribution in [1.82, 2.24) is 9.47 Å². The SMILES string of the molecule is CCCCOc1c(CN(C(=O)O)C(C)(C)C)n(CC(C)C)c(=O)c2ccc(NC(=O)CC)cc12. The smallest absolute Gasteiger partial charge is 0.408 e. The molecule has 1 aromatic heterocycles. The van der Waals surface area contributed by atoms with Crippen LogP contribution >= 0.6 is 0 Å². The summed E-state index contributed by atoms with van der Waals surface area (Å²) >= 11 is 0. The Balaban J connectivity index is 2.86. The first-order chi connectivity index (χ1) is 15.9. The third-order valence-corrected chi connectivity index (χ3v) is 5.57. The minimum Gasteiger partial charge on any atom is -0.491 e. The molecule has 2 rings (SSSR count). The number of anilines is 1. The molecule has 8 nitrogen and oxygen atoms in total. The number of fused-ring (bicyclic) bond motifs is 1. The van der Waals surface area contributed by atoms with Gasteiger partial charge in [0.1, 0.15) is 5.75 Å². The zero-order valence-electron chi connectivity index (χ0n) is 21.5. The molecule has 0 atom stereocenters. The van der Waals surface area contributed by atoms with E-state index >= 15 is 0 Å². The van der Waals surface area contributed by atoms with Gasteiger partial charge in [-0.25, -0.2) is 4.79 Å². The minimum atomic E-state index is -1.07. The van der Waals surface area contributed by atoms with Crippen molar-refractivity contribution in [1.29, 1.82) is 0 Å². The Morgan fingerprint density at radius 3 is 2.38 bits per heavy atom. The highest BCUT2D eigenvalue weighted by Gasteiger charge is 2.30. The topological polar surface area (TPSA) is 101 Å². The number of hydrogen-bond acceptors (Lipinski definition) is 4. The number of benzene rings is 1. The fraction of sp³-hybridized carbons (Fsp3) is 0.577. The largest absolute Gasteiger partial charge is 0.491 e. The van der Waals surface area contributed by atoms with E-state index in [0.29, 0.717) is 47.5 Å². The van der Waals surface area contributed by atoms with Crippen LogP contribution in [0.2, 0.25) is 0 Å². The quantitative estimate of drug-likeness (QED) is 0.446. The number of carboxylic acid groups (broad SMARTS) is 1. The molecule has 188 valence electrons. The number of carbonyl (C=O) groups is 2. The van der Waals surface area contributed by atoms with Gasteiger partial charge in [-0.3, -0.25) is 14.5 Å². The van der Waals surface area contributed by atoms with Crippen LogP contribution in [-0.4, -0.2) is 38.7 Å². The predicted molar refractivity (Wildman–Crippen MR) is 136 cm³/mol. The van der Waals surface area contributed by atoms with Crippen LogP contribution in [0.1, 0.15) is 73.4 Å². The van der Waals surface area contributed by atoms with Crippen molar-refractivity contribution in [3.8, 4) is 5.75 Å². The first-order valence-electron chi connectivity index (χ1n) is 12.0. The van der Waals surface area contributed by atoms with E-state index in [2.05, 4.69) is 12.2 Å². The van der Waals surface area contributed by atoms with Crippen LogP contribution in [0.5, 0.6) is 5.75 Å². The summed E-state index contributed by atoms with van der Waals surface area (Å²) in [6.45, 7) is 14.2. The van der Waals surface area contributed by atoms with Crippen molar-refractivity contribution in [2.45, 2.75) is 86.4 Å².